The minimum atomic E-state index is -0.115. The van der Waals surface area contributed by atoms with Crippen LogP contribution in [-0.4, -0.2) is 24.0 Å². The number of nitrogens with zero attached hydrogens (tertiary/aromatic N) is 2. The third-order valence-electron chi connectivity index (χ3n) is 3.58. The first-order valence-corrected chi connectivity index (χ1v) is 6.88. The Morgan fingerprint density at radius 1 is 1.09 bits per heavy atom. The Balaban J connectivity index is 2.03. The van der Waals surface area contributed by atoms with Crippen molar-refractivity contribution in [3.63, 3.8) is 0 Å². The number of hydrogen-bond donors (Lipinski definition) is 0. The van der Waals surface area contributed by atoms with E-state index in [4.69, 9.17) is 9.47 Å². The van der Waals surface area contributed by atoms with E-state index in [0.717, 1.165) is 10.9 Å². The summed E-state index contributed by atoms with van der Waals surface area (Å²) < 4.78 is 12.0. The van der Waals surface area contributed by atoms with E-state index in [-0.39, 0.29) is 5.56 Å². The standard InChI is InChI=1S/C17H16N2O3/c1-21-14-8-7-13(16(9-14)22-2)11-19-17(20)15-6-4-3-5-12(15)10-18-19/h3-10H,11H2,1-2H3. The predicted molar refractivity (Wildman–Crippen MR) is 84.7 cm³/mol. The molecular weight excluding hydrogens is 280 g/mol. The molecule has 2 aromatic carbocycles. The average Bonchev–Trinajstić information content (AvgIpc) is 2.58. The lowest BCUT2D eigenvalue weighted by Gasteiger charge is -2.11. The number of aromatic nitrogens is 2. The molecule has 5 heteroatoms. The monoisotopic (exact) mass is 296 g/mol. The predicted octanol–water partition coefficient (Wildman–Crippen LogP) is 2.46. The molecule has 0 saturated heterocycles. The quantitative estimate of drug-likeness (QED) is 0.742. The van der Waals surface area contributed by atoms with Gasteiger partial charge in [-0.1, -0.05) is 18.2 Å². The lowest BCUT2D eigenvalue weighted by molar-refractivity contribution is 0.389. The molecule has 5 nitrogen and oxygen atoms in total. The number of benzene rings is 2. The molecule has 0 spiro atoms. The topological polar surface area (TPSA) is 53.4 Å². The second-order valence-electron chi connectivity index (χ2n) is 4.87. The summed E-state index contributed by atoms with van der Waals surface area (Å²) in [5.41, 5.74) is 0.754. The first kappa shape index (κ1) is 14.1. The van der Waals surface area contributed by atoms with Gasteiger partial charge in [0.05, 0.1) is 32.3 Å². The summed E-state index contributed by atoms with van der Waals surface area (Å²) in [5.74, 6) is 1.38. The number of ether oxygens (including phenoxy) is 2. The van der Waals surface area contributed by atoms with Gasteiger partial charge < -0.3 is 9.47 Å². The highest BCUT2D eigenvalue weighted by molar-refractivity contribution is 5.80. The van der Waals surface area contributed by atoms with Crippen molar-refractivity contribution in [2.75, 3.05) is 14.2 Å². The van der Waals surface area contributed by atoms with E-state index in [2.05, 4.69) is 5.10 Å². The lowest BCUT2D eigenvalue weighted by atomic mass is 10.1. The molecular formula is C17H16N2O3. The summed E-state index contributed by atoms with van der Waals surface area (Å²) in [4.78, 5) is 12.5. The van der Waals surface area contributed by atoms with Crippen LogP contribution in [0.4, 0.5) is 0 Å². The van der Waals surface area contributed by atoms with Gasteiger partial charge in [0.1, 0.15) is 11.5 Å². The maximum absolute atomic E-state index is 12.5. The van der Waals surface area contributed by atoms with Gasteiger partial charge in [-0.2, -0.15) is 5.10 Å². The van der Waals surface area contributed by atoms with Crippen LogP contribution < -0.4 is 15.0 Å². The normalized spacial score (nSPS) is 10.6. The summed E-state index contributed by atoms with van der Waals surface area (Å²) >= 11 is 0. The maximum Gasteiger partial charge on any atom is 0.274 e. The number of methoxy groups -OCH3 is 2. The van der Waals surface area contributed by atoms with Crippen molar-refractivity contribution in [2.24, 2.45) is 0 Å². The van der Waals surface area contributed by atoms with Crippen molar-refractivity contribution in [1.82, 2.24) is 9.78 Å². The molecule has 0 bridgehead atoms. The van der Waals surface area contributed by atoms with Crippen LogP contribution in [-0.2, 0) is 6.54 Å². The molecule has 0 saturated carbocycles. The van der Waals surface area contributed by atoms with Crippen LogP contribution in [0, 0.1) is 0 Å². The zero-order valence-corrected chi connectivity index (χ0v) is 12.4. The van der Waals surface area contributed by atoms with Crippen molar-refractivity contribution in [3.05, 3.63) is 64.6 Å². The molecule has 22 heavy (non-hydrogen) atoms. The van der Waals surface area contributed by atoms with Gasteiger partial charge in [-0.15, -0.1) is 0 Å². The van der Waals surface area contributed by atoms with Gasteiger partial charge in [0.2, 0.25) is 0 Å². The summed E-state index contributed by atoms with van der Waals surface area (Å²) in [6.07, 6.45) is 1.70. The van der Waals surface area contributed by atoms with Gasteiger partial charge in [-0.3, -0.25) is 4.79 Å². The highest BCUT2D eigenvalue weighted by atomic mass is 16.5. The van der Waals surface area contributed by atoms with E-state index in [0.29, 0.717) is 23.4 Å². The molecule has 0 N–H and O–H groups in total. The molecule has 0 radical (unpaired) electrons. The van der Waals surface area contributed by atoms with Crippen molar-refractivity contribution in [1.29, 1.82) is 0 Å². The van der Waals surface area contributed by atoms with Crippen LogP contribution in [0.15, 0.2) is 53.5 Å². The number of rotatable bonds is 4. The van der Waals surface area contributed by atoms with Gasteiger partial charge in [-0.25, -0.2) is 4.68 Å². The van der Waals surface area contributed by atoms with E-state index in [1.54, 1.807) is 32.5 Å². The summed E-state index contributed by atoms with van der Waals surface area (Å²) in [6.45, 7) is 0.344. The molecule has 1 heterocycles. The molecule has 0 amide bonds. The Morgan fingerprint density at radius 3 is 2.68 bits per heavy atom. The van der Waals surface area contributed by atoms with Gasteiger partial charge in [-0.05, 0) is 18.2 Å². The van der Waals surface area contributed by atoms with E-state index in [1.807, 2.05) is 30.3 Å². The minimum absolute atomic E-state index is 0.115. The van der Waals surface area contributed by atoms with E-state index in [9.17, 15) is 4.79 Å². The third-order valence-corrected chi connectivity index (χ3v) is 3.58. The van der Waals surface area contributed by atoms with Crippen LogP contribution in [0.5, 0.6) is 11.5 Å². The van der Waals surface area contributed by atoms with E-state index in [1.165, 1.54) is 4.68 Å². The van der Waals surface area contributed by atoms with Crippen molar-refractivity contribution in [2.45, 2.75) is 6.54 Å². The van der Waals surface area contributed by atoms with E-state index < -0.39 is 0 Å². The van der Waals surface area contributed by atoms with Crippen molar-refractivity contribution >= 4 is 10.8 Å². The largest absolute Gasteiger partial charge is 0.497 e. The first-order chi connectivity index (χ1) is 10.7. The average molecular weight is 296 g/mol. The van der Waals surface area contributed by atoms with Gasteiger partial charge in [0.25, 0.3) is 5.56 Å². The van der Waals surface area contributed by atoms with Gasteiger partial charge >= 0.3 is 0 Å². The Kier molecular flexibility index (Phi) is 3.78. The van der Waals surface area contributed by atoms with Crippen LogP contribution in [0.1, 0.15) is 5.56 Å². The zero-order valence-electron chi connectivity index (χ0n) is 12.4. The number of fused-ring (bicyclic) bond motifs is 1. The van der Waals surface area contributed by atoms with E-state index >= 15 is 0 Å². The second-order valence-corrected chi connectivity index (χ2v) is 4.87. The summed E-state index contributed by atoms with van der Waals surface area (Å²) in [6, 6.07) is 12.9. The molecule has 0 fully saturated rings. The van der Waals surface area contributed by atoms with Gasteiger partial charge in [0.15, 0.2) is 0 Å². The Hall–Kier alpha value is -2.82. The summed E-state index contributed by atoms with van der Waals surface area (Å²) in [5, 5.41) is 5.73. The minimum Gasteiger partial charge on any atom is -0.497 e. The fraction of sp³-hybridized carbons (Fsp3) is 0.176. The Bertz CT molecular complexity index is 871. The molecule has 1 aromatic heterocycles. The molecule has 0 atom stereocenters. The highest BCUT2D eigenvalue weighted by Crippen LogP contribution is 2.24. The van der Waals surface area contributed by atoms with Crippen LogP contribution in [0.25, 0.3) is 10.8 Å². The van der Waals surface area contributed by atoms with Crippen LogP contribution in [0.3, 0.4) is 0 Å². The Morgan fingerprint density at radius 2 is 1.91 bits per heavy atom. The van der Waals surface area contributed by atoms with Crippen LogP contribution >= 0.6 is 0 Å². The fourth-order valence-corrected chi connectivity index (χ4v) is 2.38. The van der Waals surface area contributed by atoms with Crippen LogP contribution in [0.2, 0.25) is 0 Å². The fourth-order valence-electron chi connectivity index (χ4n) is 2.38. The molecule has 0 aliphatic heterocycles. The second kappa shape index (κ2) is 5.89. The number of hydrogen-bond acceptors (Lipinski definition) is 4. The third kappa shape index (κ3) is 2.53. The van der Waals surface area contributed by atoms with Crippen molar-refractivity contribution < 1.29 is 9.47 Å². The Labute approximate surface area is 127 Å². The molecule has 0 aliphatic rings. The first-order valence-electron chi connectivity index (χ1n) is 6.88. The molecule has 0 unspecified atom stereocenters. The highest BCUT2D eigenvalue weighted by Gasteiger charge is 2.09. The summed E-state index contributed by atoms with van der Waals surface area (Å²) in [7, 11) is 3.19. The maximum atomic E-state index is 12.5. The smallest absolute Gasteiger partial charge is 0.274 e. The molecule has 0 aliphatic carbocycles. The van der Waals surface area contributed by atoms with Crippen molar-refractivity contribution in [3.8, 4) is 11.5 Å². The molecule has 112 valence electrons. The SMILES string of the molecule is COc1ccc(Cn2ncc3ccccc3c2=O)c(OC)c1. The molecule has 3 aromatic rings. The lowest BCUT2D eigenvalue weighted by Crippen LogP contribution is -2.23. The zero-order chi connectivity index (χ0) is 15.5. The van der Waals surface area contributed by atoms with Gasteiger partial charge in [0, 0.05) is 17.0 Å². The molecule has 3 rings (SSSR count).